The summed E-state index contributed by atoms with van der Waals surface area (Å²) in [5.41, 5.74) is 2.08. The molecule has 1 aliphatic rings. The molecule has 2 rings (SSSR count). The van der Waals surface area contributed by atoms with E-state index in [1.54, 1.807) is 11.0 Å². The molecule has 1 unspecified atom stereocenters. The number of morpholine rings is 1. The van der Waals surface area contributed by atoms with E-state index in [1.165, 1.54) is 0 Å². The summed E-state index contributed by atoms with van der Waals surface area (Å²) in [5, 5.41) is 18.2. The third-order valence-corrected chi connectivity index (χ3v) is 3.41. The number of aliphatic hydroxyl groups is 2. The third kappa shape index (κ3) is 3.61. The van der Waals surface area contributed by atoms with Gasteiger partial charge in [0.1, 0.15) is 6.61 Å². The van der Waals surface area contributed by atoms with Gasteiger partial charge in [-0.2, -0.15) is 0 Å². The van der Waals surface area contributed by atoms with Crippen LogP contribution in [0.2, 0.25) is 0 Å². The first kappa shape index (κ1) is 15.5. The highest BCUT2D eigenvalue weighted by atomic mass is 16.5. The number of hydrogen-bond donors (Lipinski definition) is 2. The van der Waals surface area contributed by atoms with Crippen LogP contribution in [-0.4, -0.2) is 60.0 Å². The molecule has 1 atom stereocenters. The molecular formula is C16H19NO4. The van der Waals surface area contributed by atoms with Crippen molar-refractivity contribution in [2.75, 3.05) is 33.0 Å². The van der Waals surface area contributed by atoms with Gasteiger partial charge in [-0.1, -0.05) is 17.9 Å². The second-order valence-electron chi connectivity index (χ2n) is 4.92. The summed E-state index contributed by atoms with van der Waals surface area (Å²) in [6, 6.07) is 5.09. The second-order valence-corrected chi connectivity index (χ2v) is 4.92. The van der Waals surface area contributed by atoms with Gasteiger partial charge in [-0.15, -0.1) is 0 Å². The van der Waals surface area contributed by atoms with Gasteiger partial charge < -0.3 is 19.8 Å². The highest BCUT2D eigenvalue weighted by Gasteiger charge is 2.28. The smallest absolute Gasteiger partial charge is 0.255 e. The maximum atomic E-state index is 12.7. The molecule has 0 aromatic heterocycles. The minimum Gasteiger partial charge on any atom is -0.394 e. The van der Waals surface area contributed by atoms with E-state index in [9.17, 15) is 9.90 Å². The van der Waals surface area contributed by atoms with Crippen LogP contribution in [0.15, 0.2) is 18.2 Å². The Bertz CT molecular complexity index is 573. The number of carbonyl (C=O) groups is 1. The zero-order valence-electron chi connectivity index (χ0n) is 12.0. The van der Waals surface area contributed by atoms with Gasteiger partial charge in [0.2, 0.25) is 0 Å². The van der Waals surface area contributed by atoms with Crippen LogP contribution in [0.25, 0.3) is 0 Å². The minimum absolute atomic E-state index is 0.130. The Labute approximate surface area is 124 Å². The molecule has 1 aromatic rings. The molecule has 1 aromatic carbocycles. The van der Waals surface area contributed by atoms with Crippen molar-refractivity contribution in [1.29, 1.82) is 0 Å². The molecule has 1 heterocycles. The van der Waals surface area contributed by atoms with Gasteiger partial charge in [-0.3, -0.25) is 4.79 Å². The van der Waals surface area contributed by atoms with Crippen LogP contribution in [0, 0.1) is 18.8 Å². The number of ether oxygens (including phenoxy) is 1. The molecule has 0 radical (unpaired) electrons. The van der Waals surface area contributed by atoms with Crippen molar-refractivity contribution < 1.29 is 19.7 Å². The molecule has 0 spiro atoms. The Hall–Kier alpha value is -1.87. The first-order valence-electron chi connectivity index (χ1n) is 6.87. The molecule has 1 aliphatic heterocycles. The number of aliphatic hydroxyl groups excluding tert-OH is 2. The fourth-order valence-corrected chi connectivity index (χ4v) is 2.31. The topological polar surface area (TPSA) is 70.0 Å². The number of aryl methyl sites for hydroxylation is 1. The first-order chi connectivity index (χ1) is 10.2. The number of benzene rings is 1. The average Bonchev–Trinajstić information content (AvgIpc) is 2.52. The van der Waals surface area contributed by atoms with Crippen LogP contribution in [-0.2, 0) is 4.74 Å². The lowest BCUT2D eigenvalue weighted by atomic mass is 10.0. The van der Waals surface area contributed by atoms with Crippen LogP contribution < -0.4 is 0 Å². The number of amides is 1. The molecule has 0 bridgehead atoms. The van der Waals surface area contributed by atoms with Crippen LogP contribution in [0.5, 0.6) is 0 Å². The van der Waals surface area contributed by atoms with Gasteiger partial charge in [0, 0.05) is 12.1 Å². The summed E-state index contributed by atoms with van der Waals surface area (Å²) < 4.78 is 5.29. The third-order valence-electron chi connectivity index (χ3n) is 3.41. The average molecular weight is 289 g/mol. The zero-order valence-corrected chi connectivity index (χ0v) is 12.0. The van der Waals surface area contributed by atoms with Gasteiger partial charge in [0.15, 0.2) is 0 Å². The molecule has 0 aliphatic carbocycles. The largest absolute Gasteiger partial charge is 0.394 e. The lowest BCUT2D eigenvalue weighted by Gasteiger charge is -2.34. The molecule has 0 saturated carbocycles. The van der Waals surface area contributed by atoms with Crippen molar-refractivity contribution in [3.63, 3.8) is 0 Å². The second kappa shape index (κ2) is 7.23. The van der Waals surface area contributed by atoms with Gasteiger partial charge in [-0.05, 0) is 24.6 Å². The molecule has 5 nitrogen and oxygen atoms in total. The number of nitrogens with zero attached hydrogens (tertiary/aromatic N) is 1. The van der Waals surface area contributed by atoms with Crippen LogP contribution >= 0.6 is 0 Å². The number of hydrogen-bond acceptors (Lipinski definition) is 4. The Kier molecular flexibility index (Phi) is 5.34. The van der Waals surface area contributed by atoms with E-state index < -0.39 is 0 Å². The van der Waals surface area contributed by atoms with Crippen molar-refractivity contribution >= 4 is 5.91 Å². The van der Waals surface area contributed by atoms with E-state index in [1.807, 2.05) is 19.1 Å². The van der Waals surface area contributed by atoms with Crippen molar-refractivity contribution in [3.05, 3.63) is 34.9 Å². The molecule has 2 N–H and O–H groups in total. The molecule has 21 heavy (non-hydrogen) atoms. The standard InChI is InChI=1S/C16H19NO4/c1-12-4-5-15(13(9-12)3-2-7-18)16(20)17-6-8-21-11-14(17)10-19/h4-5,9,14,18-19H,6-8,10-11H2,1H3. The maximum absolute atomic E-state index is 12.7. The normalized spacial score (nSPS) is 18.0. The lowest BCUT2D eigenvalue weighted by Crippen LogP contribution is -2.50. The van der Waals surface area contributed by atoms with E-state index >= 15 is 0 Å². The van der Waals surface area contributed by atoms with Gasteiger partial charge in [0.05, 0.1) is 31.4 Å². The zero-order chi connectivity index (χ0) is 15.2. The Morgan fingerprint density at radius 2 is 2.29 bits per heavy atom. The van der Waals surface area contributed by atoms with E-state index in [0.717, 1.165) is 5.56 Å². The first-order valence-corrected chi connectivity index (χ1v) is 6.87. The minimum atomic E-state index is -0.328. The fourth-order valence-electron chi connectivity index (χ4n) is 2.31. The summed E-state index contributed by atoms with van der Waals surface area (Å²) in [7, 11) is 0. The van der Waals surface area contributed by atoms with Crippen molar-refractivity contribution in [2.45, 2.75) is 13.0 Å². The number of carbonyl (C=O) groups excluding carboxylic acids is 1. The molecular weight excluding hydrogens is 270 g/mol. The van der Waals surface area contributed by atoms with Crippen molar-refractivity contribution in [3.8, 4) is 11.8 Å². The van der Waals surface area contributed by atoms with E-state index in [2.05, 4.69) is 11.8 Å². The van der Waals surface area contributed by atoms with E-state index in [4.69, 9.17) is 9.84 Å². The van der Waals surface area contributed by atoms with Gasteiger partial charge >= 0.3 is 0 Å². The summed E-state index contributed by atoms with van der Waals surface area (Å²) in [6.45, 7) is 2.79. The van der Waals surface area contributed by atoms with Crippen LogP contribution in [0.4, 0.5) is 0 Å². The molecule has 1 saturated heterocycles. The predicted octanol–water partition coefficient (Wildman–Crippen LogP) is 0.172. The Morgan fingerprint density at radius 1 is 1.48 bits per heavy atom. The Morgan fingerprint density at radius 3 is 3.00 bits per heavy atom. The van der Waals surface area contributed by atoms with Gasteiger partial charge in [0.25, 0.3) is 5.91 Å². The molecule has 5 heteroatoms. The Balaban J connectivity index is 2.33. The summed E-state index contributed by atoms with van der Waals surface area (Å²) in [6.07, 6.45) is 0. The summed E-state index contributed by atoms with van der Waals surface area (Å²) in [5.74, 6) is 5.22. The fraction of sp³-hybridized carbons (Fsp3) is 0.438. The highest BCUT2D eigenvalue weighted by Crippen LogP contribution is 2.17. The maximum Gasteiger partial charge on any atom is 0.255 e. The van der Waals surface area contributed by atoms with Crippen LogP contribution in [0.3, 0.4) is 0 Å². The molecule has 112 valence electrons. The lowest BCUT2D eigenvalue weighted by molar-refractivity contribution is -0.0184. The molecule has 1 amide bonds. The SMILES string of the molecule is Cc1ccc(C(=O)N2CCOCC2CO)c(C#CCO)c1. The summed E-state index contributed by atoms with van der Waals surface area (Å²) in [4.78, 5) is 14.3. The highest BCUT2D eigenvalue weighted by molar-refractivity contribution is 5.97. The monoisotopic (exact) mass is 289 g/mol. The van der Waals surface area contributed by atoms with Crippen molar-refractivity contribution in [2.24, 2.45) is 0 Å². The summed E-state index contributed by atoms with van der Waals surface area (Å²) >= 11 is 0. The molecule has 1 fully saturated rings. The predicted molar refractivity (Wildman–Crippen MR) is 77.9 cm³/mol. The van der Waals surface area contributed by atoms with Crippen LogP contribution in [0.1, 0.15) is 21.5 Å². The van der Waals surface area contributed by atoms with E-state index in [0.29, 0.717) is 30.9 Å². The van der Waals surface area contributed by atoms with Crippen molar-refractivity contribution in [1.82, 2.24) is 4.90 Å². The van der Waals surface area contributed by atoms with E-state index in [-0.39, 0.29) is 25.2 Å². The quantitative estimate of drug-likeness (QED) is 0.762. The van der Waals surface area contributed by atoms with Gasteiger partial charge in [-0.25, -0.2) is 0 Å². The number of rotatable bonds is 2.